The zero-order valence-corrected chi connectivity index (χ0v) is 13.2. The van der Waals surface area contributed by atoms with Crippen molar-refractivity contribution in [2.75, 3.05) is 18.5 Å². The smallest absolute Gasteiger partial charge is 0.338 e. The minimum Gasteiger partial charge on any atom is -0.484 e. The summed E-state index contributed by atoms with van der Waals surface area (Å²) in [6.07, 6.45) is 0. The van der Waals surface area contributed by atoms with Crippen molar-refractivity contribution in [2.45, 2.75) is 13.8 Å². The average Bonchev–Trinajstić information content (AvgIpc) is 2.53. The molecule has 5 heteroatoms. The summed E-state index contributed by atoms with van der Waals surface area (Å²) in [4.78, 5) is 23.6. The molecule has 0 aliphatic heterocycles. The topological polar surface area (TPSA) is 64.6 Å². The number of nitrogens with one attached hydrogen (secondary N) is 1. The summed E-state index contributed by atoms with van der Waals surface area (Å²) in [5.74, 6) is -0.0763. The minimum absolute atomic E-state index is 0.104. The Hall–Kier alpha value is -2.82. The quantitative estimate of drug-likeness (QED) is 0.832. The van der Waals surface area contributed by atoms with Crippen molar-refractivity contribution in [1.29, 1.82) is 0 Å². The average molecular weight is 313 g/mol. The van der Waals surface area contributed by atoms with Gasteiger partial charge in [-0.1, -0.05) is 18.2 Å². The summed E-state index contributed by atoms with van der Waals surface area (Å²) in [7, 11) is 0. The van der Waals surface area contributed by atoms with Crippen LogP contribution in [0.3, 0.4) is 0 Å². The highest BCUT2D eigenvalue weighted by Gasteiger charge is 2.09. The van der Waals surface area contributed by atoms with Crippen molar-refractivity contribution < 1.29 is 19.1 Å². The van der Waals surface area contributed by atoms with Gasteiger partial charge in [0.05, 0.1) is 12.2 Å². The first-order valence-electron chi connectivity index (χ1n) is 7.35. The first kappa shape index (κ1) is 16.5. The fraction of sp³-hybridized carbons (Fsp3) is 0.222. The molecule has 0 aromatic heterocycles. The highest BCUT2D eigenvalue weighted by Crippen LogP contribution is 2.14. The second-order valence-corrected chi connectivity index (χ2v) is 4.95. The van der Waals surface area contributed by atoms with Crippen LogP contribution in [0.15, 0.2) is 48.5 Å². The Morgan fingerprint density at radius 3 is 2.61 bits per heavy atom. The molecule has 2 aromatic carbocycles. The number of carbonyl (C=O) groups is 2. The van der Waals surface area contributed by atoms with E-state index in [-0.39, 0.29) is 12.5 Å². The summed E-state index contributed by atoms with van der Waals surface area (Å²) in [5, 5.41) is 2.69. The van der Waals surface area contributed by atoms with Gasteiger partial charge in [0.25, 0.3) is 5.91 Å². The van der Waals surface area contributed by atoms with Gasteiger partial charge in [0.1, 0.15) is 5.75 Å². The molecule has 0 heterocycles. The SMILES string of the molecule is CCOC(=O)c1cccc(NC(=O)COc2cccc(C)c2)c1. The number of esters is 1. The lowest BCUT2D eigenvalue weighted by Crippen LogP contribution is -2.20. The van der Waals surface area contributed by atoms with Crippen LogP contribution in [0.25, 0.3) is 0 Å². The number of amides is 1. The van der Waals surface area contributed by atoms with Gasteiger partial charge in [-0.25, -0.2) is 4.79 Å². The number of benzene rings is 2. The van der Waals surface area contributed by atoms with Crippen molar-refractivity contribution in [2.24, 2.45) is 0 Å². The molecule has 0 saturated carbocycles. The third-order valence-electron chi connectivity index (χ3n) is 3.02. The maximum atomic E-state index is 11.9. The lowest BCUT2D eigenvalue weighted by Gasteiger charge is -2.09. The Kier molecular flexibility index (Phi) is 5.74. The molecule has 1 N–H and O–H groups in total. The standard InChI is InChI=1S/C18H19NO4/c1-3-22-18(21)14-7-5-8-15(11-14)19-17(20)12-23-16-9-4-6-13(2)10-16/h4-11H,3,12H2,1-2H3,(H,19,20). The molecule has 0 aliphatic carbocycles. The fourth-order valence-corrected chi connectivity index (χ4v) is 1.99. The summed E-state index contributed by atoms with van der Waals surface area (Å²) in [5.41, 5.74) is 1.97. The van der Waals surface area contributed by atoms with Gasteiger partial charge in [-0.3, -0.25) is 4.79 Å². The molecule has 0 spiro atoms. The largest absolute Gasteiger partial charge is 0.484 e. The normalized spacial score (nSPS) is 10.0. The molecular formula is C18H19NO4. The van der Waals surface area contributed by atoms with Crippen molar-refractivity contribution in [3.05, 3.63) is 59.7 Å². The van der Waals surface area contributed by atoms with Gasteiger partial charge in [0.2, 0.25) is 0 Å². The summed E-state index contributed by atoms with van der Waals surface area (Å²) >= 11 is 0. The molecule has 0 saturated heterocycles. The number of carbonyl (C=O) groups excluding carboxylic acids is 2. The van der Waals surface area contributed by atoms with Crippen LogP contribution in [-0.2, 0) is 9.53 Å². The van der Waals surface area contributed by atoms with E-state index < -0.39 is 5.97 Å². The third-order valence-corrected chi connectivity index (χ3v) is 3.02. The van der Waals surface area contributed by atoms with Crippen LogP contribution in [-0.4, -0.2) is 25.1 Å². The van der Waals surface area contributed by atoms with Crippen molar-refractivity contribution in [3.63, 3.8) is 0 Å². The molecule has 23 heavy (non-hydrogen) atoms. The van der Waals surface area contributed by atoms with E-state index in [2.05, 4.69) is 5.32 Å². The molecule has 2 aromatic rings. The minimum atomic E-state index is -0.417. The number of rotatable bonds is 6. The van der Waals surface area contributed by atoms with Gasteiger partial charge in [-0.15, -0.1) is 0 Å². The predicted molar refractivity (Wildman–Crippen MR) is 87.7 cm³/mol. The van der Waals surface area contributed by atoms with Crippen LogP contribution in [0.4, 0.5) is 5.69 Å². The van der Waals surface area contributed by atoms with Crippen LogP contribution in [0.2, 0.25) is 0 Å². The van der Waals surface area contributed by atoms with E-state index in [9.17, 15) is 9.59 Å². The number of ether oxygens (including phenoxy) is 2. The molecule has 0 radical (unpaired) electrons. The maximum Gasteiger partial charge on any atom is 0.338 e. The van der Waals surface area contributed by atoms with E-state index in [0.717, 1.165) is 5.56 Å². The summed E-state index contributed by atoms with van der Waals surface area (Å²) in [6, 6.07) is 14.1. The Labute approximate surface area is 135 Å². The zero-order valence-electron chi connectivity index (χ0n) is 13.2. The van der Waals surface area contributed by atoms with Crippen LogP contribution < -0.4 is 10.1 Å². The molecule has 0 aliphatic rings. The van der Waals surface area contributed by atoms with Crippen LogP contribution in [0.5, 0.6) is 5.75 Å². The molecular weight excluding hydrogens is 294 g/mol. The monoisotopic (exact) mass is 313 g/mol. The molecule has 2 rings (SSSR count). The van der Waals surface area contributed by atoms with Crippen molar-refractivity contribution >= 4 is 17.6 Å². The van der Waals surface area contributed by atoms with Crippen molar-refractivity contribution in [1.82, 2.24) is 0 Å². The van der Waals surface area contributed by atoms with Gasteiger partial charge < -0.3 is 14.8 Å². The summed E-state index contributed by atoms with van der Waals surface area (Å²) in [6.45, 7) is 3.90. The Morgan fingerprint density at radius 2 is 1.87 bits per heavy atom. The fourth-order valence-electron chi connectivity index (χ4n) is 1.99. The van der Waals surface area contributed by atoms with Crippen LogP contribution >= 0.6 is 0 Å². The van der Waals surface area contributed by atoms with Gasteiger partial charge in [0.15, 0.2) is 6.61 Å². The lowest BCUT2D eigenvalue weighted by molar-refractivity contribution is -0.118. The highest BCUT2D eigenvalue weighted by atomic mass is 16.5. The third kappa shape index (κ3) is 5.14. The van der Waals surface area contributed by atoms with E-state index in [0.29, 0.717) is 23.6 Å². The number of hydrogen-bond donors (Lipinski definition) is 1. The van der Waals surface area contributed by atoms with Crippen molar-refractivity contribution in [3.8, 4) is 5.75 Å². The number of hydrogen-bond acceptors (Lipinski definition) is 4. The van der Waals surface area contributed by atoms with Crippen LogP contribution in [0.1, 0.15) is 22.8 Å². The zero-order chi connectivity index (χ0) is 16.7. The van der Waals surface area contributed by atoms with Gasteiger partial charge >= 0.3 is 5.97 Å². The van der Waals surface area contributed by atoms with Gasteiger partial charge in [0, 0.05) is 5.69 Å². The molecule has 0 fully saturated rings. The highest BCUT2D eigenvalue weighted by molar-refractivity contribution is 5.95. The maximum absolute atomic E-state index is 11.9. The lowest BCUT2D eigenvalue weighted by atomic mass is 10.2. The Balaban J connectivity index is 1.92. The molecule has 1 amide bonds. The second kappa shape index (κ2) is 7.98. The van der Waals surface area contributed by atoms with E-state index in [1.165, 1.54) is 0 Å². The summed E-state index contributed by atoms with van der Waals surface area (Å²) < 4.78 is 10.4. The Morgan fingerprint density at radius 1 is 1.09 bits per heavy atom. The Bertz CT molecular complexity index is 697. The van der Waals surface area contributed by atoms with Gasteiger partial charge in [-0.05, 0) is 49.7 Å². The van der Waals surface area contributed by atoms with E-state index in [4.69, 9.17) is 9.47 Å². The van der Waals surface area contributed by atoms with E-state index >= 15 is 0 Å². The van der Waals surface area contributed by atoms with E-state index in [1.54, 1.807) is 37.3 Å². The first-order valence-corrected chi connectivity index (χ1v) is 7.35. The molecule has 5 nitrogen and oxygen atoms in total. The van der Waals surface area contributed by atoms with Gasteiger partial charge in [-0.2, -0.15) is 0 Å². The number of aryl methyl sites for hydroxylation is 1. The molecule has 0 unspecified atom stereocenters. The van der Waals surface area contributed by atoms with Crippen LogP contribution in [0, 0.1) is 6.92 Å². The molecule has 0 atom stereocenters. The molecule has 0 bridgehead atoms. The van der Waals surface area contributed by atoms with E-state index in [1.807, 2.05) is 25.1 Å². The number of anilines is 1. The second-order valence-electron chi connectivity index (χ2n) is 4.95. The first-order chi connectivity index (χ1) is 11.1. The molecule has 120 valence electrons. The predicted octanol–water partition coefficient (Wildman–Crippen LogP) is 3.19.